The normalized spacial score (nSPS) is 10.2. The molecule has 5 heteroatoms. The first-order valence-corrected chi connectivity index (χ1v) is 6.22. The van der Waals surface area contributed by atoms with Crippen molar-refractivity contribution in [1.29, 1.82) is 5.26 Å². The van der Waals surface area contributed by atoms with E-state index in [0.29, 0.717) is 16.0 Å². The van der Waals surface area contributed by atoms with Crippen molar-refractivity contribution >= 4 is 11.8 Å². The summed E-state index contributed by atoms with van der Waals surface area (Å²) >= 11 is 0.980. The van der Waals surface area contributed by atoms with Gasteiger partial charge in [0, 0.05) is 4.90 Å². The van der Waals surface area contributed by atoms with Crippen LogP contribution in [0.2, 0.25) is 0 Å². The summed E-state index contributed by atoms with van der Waals surface area (Å²) in [5, 5.41) is 18.0. The molecule has 0 spiro atoms. The van der Waals surface area contributed by atoms with E-state index in [1.807, 2.05) is 6.07 Å². The Morgan fingerprint density at radius 1 is 1.11 bits per heavy atom. The van der Waals surface area contributed by atoms with Gasteiger partial charge in [-0.15, -0.1) is 0 Å². The highest BCUT2D eigenvalue weighted by Crippen LogP contribution is 2.32. The summed E-state index contributed by atoms with van der Waals surface area (Å²) in [6.07, 6.45) is 0. The summed E-state index contributed by atoms with van der Waals surface area (Å²) < 4.78 is 26.6. The van der Waals surface area contributed by atoms with E-state index < -0.39 is 11.6 Å². The van der Waals surface area contributed by atoms with Gasteiger partial charge in [0.15, 0.2) is 0 Å². The zero-order valence-corrected chi connectivity index (χ0v) is 10.5. The third-order valence-corrected chi connectivity index (χ3v) is 3.57. The van der Waals surface area contributed by atoms with Crippen LogP contribution in [-0.4, -0.2) is 5.11 Å². The number of nitriles is 1. The second kappa shape index (κ2) is 5.83. The van der Waals surface area contributed by atoms with E-state index in [4.69, 9.17) is 10.4 Å². The van der Waals surface area contributed by atoms with Crippen LogP contribution in [0.25, 0.3) is 0 Å². The third kappa shape index (κ3) is 3.11. The van der Waals surface area contributed by atoms with Crippen LogP contribution in [0.4, 0.5) is 8.78 Å². The molecule has 0 fully saturated rings. The second-order valence-electron chi connectivity index (χ2n) is 3.78. The molecule has 0 atom stereocenters. The van der Waals surface area contributed by atoms with E-state index in [-0.39, 0.29) is 11.5 Å². The van der Waals surface area contributed by atoms with Crippen LogP contribution in [-0.2, 0) is 6.61 Å². The molecule has 0 heterocycles. The molecule has 2 aromatic carbocycles. The monoisotopic (exact) mass is 277 g/mol. The topological polar surface area (TPSA) is 44.0 Å². The number of benzene rings is 2. The smallest absolute Gasteiger partial charge is 0.137 e. The molecule has 0 radical (unpaired) electrons. The molecule has 0 aliphatic carbocycles. The molecule has 0 aromatic heterocycles. The average molecular weight is 277 g/mol. The Labute approximate surface area is 113 Å². The van der Waals surface area contributed by atoms with Gasteiger partial charge in [-0.1, -0.05) is 17.8 Å². The van der Waals surface area contributed by atoms with Crippen LogP contribution in [0, 0.1) is 23.0 Å². The summed E-state index contributed by atoms with van der Waals surface area (Å²) in [5.41, 5.74) is 0.917. The molecule has 0 bridgehead atoms. The van der Waals surface area contributed by atoms with E-state index in [1.165, 1.54) is 6.07 Å². The minimum absolute atomic E-state index is 0.119. The highest BCUT2D eigenvalue weighted by molar-refractivity contribution is 7.99. The summed E-state index contributed by atoms with van der Waals surface area (Å²) in [6.45, 7) is -0.173. The van der Waals surface area contributed by atoms with Gasteiger partial charge in [0.05, 0.1) is 17.1 Å². The molecule has 0 unspecified atom stereocenters. The number of aliphatic hydroxyl groups excluding tert-OH is 1. The third-order valence-electron chi connectivity index (χ3n) is 2.46. The van der Waals surface area contributed by atoms with E-state index >= 15 is 0 Å². The predicted octanol–water partition coefficient (Wildman–Crippen LogP) is 3.48. The van der Waals surface area contributed by atoms with Gasteiger partial charge in [-0.25, -0.2) is 8.78 Å². The van der Waals surface area contributed by atoms with Crippen molar-refractivity contribution in [1.82, 2.24) is 0 Å². The van der Waals surface area contributed by atoms with Gasteiger partial charge in [-0.2, -0.15) is 5.26 Å². The molecule has 0 aliphatic heterocycles. The summed E-state index contributed by atoms with van der Waals surface area (Å²) in [4.78, 5) is 0.637. The lowest BCUT2D eigenvalue weighted by Crippen LogP contribution is -1.89. The maximum atomic E-state index is 13.5. The molecular weight excluding hydrogens is 268 g/mol. The minimum Gasteiger partial charge on any atom is -0.392 e. The maximum absolute atomic E-state index is 13.5. The van der Waals surface area contributed by atoms with Gasteiger partial charge in [0.1, 0.15) is 17.7 Å². The van der Waals surface area contributed by atoms with Crippen molar-refractivity contribution in [2.75, 3.05) is 0 Å². The molecule has 2 rings (SSSR count). The fourth-order valence-corrected chi connectivity index (χ4v) is 2.45. The molecule has 96 valence electrons. The summed E-state index contributed by atoms with van der Waals surface area (Å²) in [7, 11) is 0. The largest absolute Gasteiger partial charge is 0.392 e. The lowest BCUT2D eigenvalue weighted by Gasteiger charge is -2.06. The Morgan fingerprint density at radius 2 is 1.89 bits per heavy atom. The van der Waals surface area contributed by atoms with Gasteiger partial charge >= 0.3 is 0 Å². The van der Waals surface area contributed by atoms with Crippen molar-refractivity contribution in [2.45, 2.75) is 16.4 Å². The highest BCUT2D eigenvalue weighted by atomic mass is 32.2. The van der Waals surface area contributed by atoms with E-state index in [0.717, 1.165) is 30.0 Å². The lowest BCUT2D eigenvalue weighted by atomic mass is 10.1. The van der Waals surface area contributed by atoms with Crippen molar-refractivity contribution in [3.05, 3.63) is 59.2 Å². The molecule has 0 saturated heterocycles. The van der Waals surface area contributed by atoms with Crippen LogP contribution >= 0.6 is 11.8 Å². The van der Waals surface area contributed by atoms with Gasteiger partial charge in [0.2, 0.25) is 0 Å². The van der Waals surface area contributed by atoms with Gasteiger partial charge in [-0.3, -0.25) is 0 Å². The van der Waals surface area contributed by atoms with Gasteiger partial charge in [-0.05, 0) is 35.9 Å². The maximum Gasteiger partial charge on any atom is 0.137 e. The van der Waals surface area contributed by atoms with Gasteiger partial charge in [0.25, 0.3) is 0 Å². The quantitative estimate of drug-likeness (QED) is 0.934. The van der Waals surface area contributed by atoms with Crippen molar-refractivity contribution < 1.29 is 13.9 Å². The molecule has 0 saturated carbocycles. The van der Waals surface area contributed by atoms with Gasteiger partial charge < -0.3 is 5.11 Å². The van der Waals surface area contributed by atoms with E-state index in [1.54, 1.807) is 12.1 Å². The molecule has 0 amide bonds. The molecule has 1 N–H and O–H groups in total. The lowest BCUT2D eigenvalue weighted by molar-refractivity contribution is 0.281. The molecule has 2 nitrogen and oxygen atoms in total. The van der Waals surface area contributed by atoms with Crippen molar-refractivity contribution in [3.63, 3.8) is 0 Å². The van der Waals surface area contributed by atoms with Crippen LogP contribution in [0.1, 0.15) is 11.1 Å². The Hall–Kier alpha value is -1.90. The predicted molar refractivity (Wildman–Crippen MR) is 67.6 cm³/mol. The number of aliphatic hydroxyl groups is 1. The van der Waals surface area contributed by atoms with E-state index in [9.17, 15) is 8.78 Å². The van der Waals surface area contributed by atoms with Crippen LogP contribution in [0.15, 0.2) is 46.2 Å². The number of hydrogen-bond acceptors (Lipinski definition) is 3. The number of rotatable bonds is 3. The number of halogens is 2. The van der Waals surface area contributed by atoms with Crippen LogP contribution in [0.3, 0.4) is 0 Å². The molecule has 2 aromatic rings. The summed E-state index contributed by atoms with van der Waals surface area (Å²) in [6, 6.07) is 9.93. The summed E-state index contributed by atoms with van der Waals surface area (Å²) in [5.74, 6) is -1.07. The molecule has 0 aliphatic rings. The molecular formula is C14H9F2NOS. The SMILES string of the molecule is N#Cc1cc(CO)ccc1Sc1cc(F)ccc1F. The standard InChI is InChI=1S/C14H9F2NOS/c15-11-2-3-12(16)14(6-11)19-13-4-1-9(8-18)5-10(13)7-17/h1-6,18H,8H2. The Balaban J connectivity index is 2.38. The first kappa shape index (κ1) is 13.5. The van der Waals surface area contributed by atoms with Crippen molar-refractivity contribution in [3.8, 4) is 6.07 Å². The minimum atomic E-state index is -0.540. The fraction of sp³-hybridized carbons (Fsp3) is 0.0714. The first-order chi connectivity index (χ1) is 9.13. The Bertz CT molecular complexity index is 652. The number of hydrogen-bond donors (Lipinski definition) is 1. The van der Waals surface area contributed by atoms with E-state index in [2.05, 4.69) is 0 Å². The van der Waals surface area contributed by atoms with Crippen molar-refractivity contribution in [2.24, 2.45) is 0 Å². The van der Waals surface area contributed by atoms with Crippen LogP contribution < -0.4 is 0 Å². The average Bonchev–Trinajstić information content (AvgIpc) is 2.43. The zero-order chi connectivity index (χ0) is 13.8. The second-order valence-corrected chi connectivity index (χ2v) is 4.86. The van der Waals surface area contributed by atoms with Crippen LogP contribution in [0.5, 0.6) is 0 Å². The highest BCUT2D eigenvalue weighted by Gasteiger charge is 2.10. The zero-order valence-electron chi connectivity index (χ0n) is 9.73. The fourth-order valence-electron chi connectivity index (χ4n) is 1.53. The Kier molecular flexibility index (Phi) is 4.15. The first-order valence-electron chi connectivity index (χ1n) is 5.41. The number of nitrogens with zero attached hydrogens (tertiary/aromatic N) is 1. The molecule has 19 heavy (non-hydrogen) atoms. The Morgan fingerprint density at radius 3 is 2.58 bits per heavy atom.